The van der Waals surface area contributed by atoms with E-state index in [4.69, 9.17) is 0 Å². The molecule has 3 unspecified atom stereocenters. The minimum absolute atomic E-state index is 0.0476. The summed E-state index contributed by atoms with van der Waals surface area (Å²) in [7, 11) is 1.56. The number of rotatable bonds is 13. The van der Waals surface area contributed by atoms with Gasteiger partial charge in [0.1, 0.15) is 6.04 Å². The topological polar surface area (TPSA) is 95.5 Å². The summed E-state index contributed by atoms with van der Waals surface area (Å²) in [6.45, 7) is 7.89. The zero-order valence-electron chi connectivity index (χ0n) is 19.8. The molecule has 6 nitrogen and oxygen atoms in total. The average Bonchev–Trinajstić information content (AvgIpc) is 3.19. The molecule has 2 amide bonds. The third-order valence-corrected chi connectivity index (χ3v) is 6.49. The number of carboxylic acid groups (broad SMARTS) is 1. The van der Waals surface area contributed by atoms with E-state index >= 15 is 0 Å². The molecule has 1 aliphatic rings. The van der Waals surface area contributed by atoms with E-state index in [1.807, 2.05) is 20.8 Å². The fraction of sp³-hybridized carbons (Fsp3) is 0.875. The maximum atomic E-state index is 13.3. The van der Waals surface area contributed by atoms with E-state index in [0.717, 1.165) is 44.9 Å². The van der Waals surface area contributed by atoms with Gasteiger partial charge in [-0.1, -0.05) is 79.1 Å². The standard InChI is InChI=1S/C24H44N2O4/c1-6-7-8-9-10-11-16-18(19(23(29)30)17-14-12-13-15-17)21(27)26-20(22(28)25-5)24(2,3)4/h17-20H,6-16H2,1-5H3,(H,25,28)(H,26,27)(H,29,30). The van der Waals surface area contributed by atoms with Crippen molar-refractivity contribution in [2.75, 3.05) is 7.05 Å². The fourth-order valence-electron chi connectivity index (χ4n) is 4.71. The van der Waals surface area contributed by atoms with Crippen molar-refractivity contribution in [2.24, 2.45) is 23.2 Å². The Kier molecular flexibility index (Phi) is 11.4. The molecule has 0 heterocycles. The van der Waals surface area contributed by atoms with Gasteiger partial charge in [0.15, 0.2) is 0 Å². The highest BCUT2D eigenvalue weighted by Crippen LogP contribution is 2.38. The average molecular weight is 425 g/mol. The van der Waals surface area contributed by atoms with E-state index in [9.17, 15) is 19.5 Å². The Bertz CT molecular complexity index is 550. The summed E-state index contributed by atoms with van der Waals surface area (Å²) in [4.78, 5) is 38.0. The Morgan fingerprint density at radius 3 is 2.03 bits per heavy atom. The highest BCUT2D eigenvalue weighted by molar-refractivity contribution is 5.90. The van der Waals surface area contributed by atoms with Crippen LogP contribution in [0.5, 0.6) is 0 Å². The fourth-order valence-corrected chi connectivity index (χ4v) is 4.71. The highest BCUT2D eigenvalue weighted by atomic mass is 16.4. The zero-order chi connectivity index (χ0) is 22.7. The molecule has 0 aromatic rings. The van der Waals surface area contributed by atoms with Crippen LogP contribution in [0.2, 0.25) is 0 Å². The second-order valence-electron chi connectivity index (χ2n) is 9.99. The van der Waals surface area contributed by atoms with Crippen LogP contribution in [0.15, 0.2) is 0 Å². The van der Waals surface area contributed by atoms with Crippen molar-refractivity contribution in [3.8, 4) is 0 Å². The first-order valence-corrected chi connectivity index (χ1v) is 11.9. The summed E-state index contributed by atoms with van der Waals surface area (Å²) >= 11 is 0. The smallest absolute Gasteiger partial charge is 0.307 e. The monoisotopic (exact) mass is 424 g/mol. The van der Waals surface area contributed by atoms with Gasteiger partial charge in [0.2, 0.25) is 11.8 Å². The number of carboxylic acids is 1. The number of nitrogens with one attached hydrogen (secondary N) is 2. The summed E-state index contributed by atoms with van der Waals surface area (Å²) in [6, 6.07) is -0.694. The zero-order valence-corrected chi connectivity index (χ0v) is 19.8. The number of unbranched alkanes of at least 4 members (excludes halogenated alkanes) is 5. The van der Waals surface area contributed by atoms with Gasteiger partial charge in [0, 0.05) is 7.05 Å². The minimum atomic E-state index is -0.875. The van der Waals surface area contributed by atoms with Crippen molar-refractivity contribution in [2.45, 2.75) is 104 Å². The Balaban J connectivity index is 2.97. The van der Waals surface area contributed by atoms with Crippen molar-refractivity contribution in [3.05, 3.63) is 0 Å². The Morgan fingerprint density at radius 2 is 1.53 bits per heavy atom. The molecule has 1 aliphatic carbocycles. The van der Waals surface area contributed by atoms with E-state index in [0.29, 0.717) is 6.42 Å². The first-order chi connectivity index (χ1) is 14.1. The Hall–Kier alpha value is -1.59. The third-order valence-electron chi connectivity index (χ3n) is 6.49. The van der Waals surface area contributed by atoms with E-state index in [-0.39, 0.29) is 17.7 Å². The molecule has 0 saturated heterocycles. The van der Waals surface area contributed by atoms with Crippen molar-refractivity contribution in [1.82, 2.24) is 10.6 Å². The Labute approximate surface area is 183 Å². The van der Waals surface area contributed by atoms with Crippen LogP contribution in [0.1, 0.15) is 98.3 Å². The molecule has 6 heteroatoms. The summed E-state index contributed by atoms with van der Waals surface area (Å²) in [5.74, 6) is -2.63. The van der Waals surface area contributed by atoms with Crippen LogP contribution in [-0.4, -0.2) is 36.0 Å². The first kappa shape index (κ1) is 26.4. The van der Waals surface area contributed by atoms with Gasteiger partial charge in [-0.15, -0.1) is 0 Å². The molecule has 1 rings (SSSR count). The van der Waals surface area contributed by atoms with Crippen LogP contribution in [0, 0.1) is 23.2 Å². The quantitative estimate of drug-likeness (QED) is 0.379. The van der Waals surface area contributed by atoms with Gasteiger partial charge < -0.3 is 15.7 Å². The van der Waals surface area contributed by atoms with E-state index in [1.165, 1.54) is 19.3 Å². The lowest BCUT2D eigenvalue weighted by molar-refractivity contribution is -0.150. The molecule has 0 aliphatic heterocycles. The molecule has 1 saturated carbocycles. The second-order valence-corrected chi connectivity index (χ2v) is 9.99. The van der Waals surface area contributed by atoms with Gasteiger partial charge in [0.05, 0.1) is 11.8 Å². The number of hydrogen-bond donors (Lipinski definition) is 3. The molecule has 3 N–H and O–H groups in total. The predicted molar refractivity (Wildman–Crippen MR) is 120 cm³/mol. The molecule has 0 aromatic carbocycles. The lowest BCUT2D eigenvalue weighted by atomic mass is 9.76. The number of amides is 2. The van der Waals surface area contributed by atoms with Crippen LogP contribution in [-0.2, 0) is 14.4 Å². The van der Waals surface area contributed by atoms with Crippen molar-refractivity contribution >= 4 is 17.8 Å². The number of carbonyl (C=O) groups is 3. The van der Waals surface area contributed by atoms with Gasteiger partial charge in [-0.05, 0) is 30.6 Å². The van der Waals surface area contributed by atoms with E-state index in [2.05, 4.69) is 17.6 Å². The Morgan fingerprint density at radius 1 is 0.967 bits per heavy atom. The summed E-state index contributed by atoms with van der Waals surface area (Å²) in [5, 5.41) is 15.6. The molecular formula is C24H44N2O4. The van der Waals surface area contributed by atoms with Crippen molar-refractivity contribution < 1.29 is 19.5 Å². The molecule has 1 fully saturated rings. The first-order valence-electron chi connectivity index (χ1n) is 11.9. The predicted octanol–water partition coefficient (Wildman–Crippen LogP) is 4.52. The van der Waals surface area contributed by atoms with Crippen LogP contribution in [0.4, 0.5) is 0 Å². The van der Waals surface area contributed by atoms with Gasteiger partial charge in [0.25, 0.3) is 0 Å². The largest absolute Gasteiger partial charge is 0.481 e. The van der Waals surface area contributed by atoms with E-state index in [1.54, 1.807) is 7.05 Å². The molecule has 30 heavy (non-hydrogen) atoms. The van der Waals surface area contributed by atoms with Crippen LogP contribution in [0.25, 0.3) is 0 Å². The summed E-state index contributed by atoms with van der Waals surface area (Å²) < 4.78 is 0. The number of hydrogen-bond acceptors (Lipinski definition) is 3. The number of likely N-dealkylation sites (N-methyl/N-ethyl adjacent to an activating group) is 1. The summed E-state index contributed by atoms with van der Waals surface area (Å²) in [5.41, 5.74) is -0.466. The highest BCUT2D eigenvalue weighted by Gasteiger charge is 2.42. The number of carbonyl (C=O) groups excluding carboxylic acids is 2. The van der Waals surface area contributed by atoms with Gasteiger partial charge in [-0.2, -0.15) is 0 Å². The third kappa shape index (κ3) is 8.27. The van der Waals surface area contributed by atoms with Gasteiger partial charge in [-0.3, -0.25) is 14.4 Å². The summed E-state index contributed by atoms with van der Waals surface area (Å²) in [6.07, 6.45) is 10.9. The van der Waals surface area contributed by atoms with Crippen molar-refractivity contribution in [3.63, 3.8) is 0 Å². The lowest BCUT2D eigenvalue weighted by Gasteiger charge is -2.33. The van der Waals surface area contributed by atoms with Crippen LogP contribution in [0.3, 0.4) is 0 Å². The molecule has 174 valence electrons. The lowest BCUT2D eigenvalue weighted by Crippen LogP contribution is -2.55. The van der Waals surface area contributed by atoms with Gasteiger partial charge >= 0.3 is 5.97 Å². The van der Waals surface area contributed by atoms with Crippen molar-refractivity contribution in [1.29, 1.82) is 0 Å². The normalized spacial score (nSPS) is 17.9. The maximum absolute atomic E-state index is 13.3. The van der Waals surface area contributed by atoms with Crippen LogP contribution >= 0.6 is 0 Å². The molecular weight excluding hydrogens is 380 g/mol. The maximum Gasteiger partial charge on any atom is 0.307 e. The minimum Gasteiger partial charge on any atom is -0.481 e. The number of aliphatic carboxylic acids is 1. The van der Waals surface area contributed by atoms with Gasteiger partial charge in [-0.25, -0.2) is 0 Å². The van der Waals surface area contributed by atoms with Crippen LogP contribution < -0.4 is 10.6 Å². The molecule has 3 atom stereocenters. The second kappa shape index (κ2) is 13.0. The molecule has 0 bridgehead atoms. The van der Waals surface area contributed by atoms with E-state index < -0.39 is 29.3 Å². The SMILES string of the molecule is CCCCCCCCC(C(=O)NC(C(=O)NC)C(C)(C)C)C(C(=O)O)C1CCCC1. The molecule has 0 radical (unpaired) electrons. The molecule has 0 spiro atoms. The molecule has 0 aromatic heterocycles.